The Morgan fingerprint density at radius 1 is 1.24 bits per heavy atom. The van der Waals surface area contributed by atoms with Gasteiger partial charge in [0.2, 0.25) is 0 Å². The quantitative estimate of drug-likeness (QED) is 0.821. The summed E-state index contributed by atoms with van der Waals surface area (Å²) in [5.74, 6) is -0.988. The summed E-state index contributed by atoms with van der Waals surface area (Å²) in [6, 6.07) is 5.46. The van der Waals surface area contributed by atoms with Crippen LogP contribution in [0.15, 0.2) is 18.2 Å². The van der Waals surface area contributed by atoms with Gasteiger partial charge in [0, 0.05) is 6.04 Å². The smallest absolute Gasteiger partial charge is 0.339 e. The maximum atomic E-state index is 11.4. The van der Waals surface area contributed by atoms with Crippen molar-refractivity contribution in [3.8, 4) is 0 Å². The summed E-state index contributed by atoms with van der Waals surface area (Å²) < 4.78 is 0. The van der Waals surface area contributed by atoms with Gasteiger partial charge in [-0.05, 0) is 42.2 Å². The van der Waals surface area contributed by atoms with E-state index in [1.54, 1.807) is 18.2 Å². The van der Waals surface area contributed by atoms with Crippen LogP contribution in [0.4, 0.5) is 5.69 Å². The Morgan fingerprint density at radius 3 is 2.33 bits per heavy atom. The van der Waals surface area contributed by atoms with E-state index in [4.69, 9.17) is 11.6 Å². The van der Waals surface area contributed by atoms with Crippen LogP contribution in [0.5, 0.6) is 0 Å². The molecule has 1 aromatic rings. The third-order valence-corrected chi connectivity index (χ3v) is 4.46. The van der Waals surface area contributed by atoms with Crippen molar-refractivity contribution in [3.05, 3.63) is 28.8 Å². The second kappa shape index (κ2) is 5.53. The summed E-state index contributed by atoms with van der Waals surface area (Å²) in [6.45, 7) is 9.11. The molecule has 0 radical (unpaired) electrons. The van der Waals surface area contributed by atoms with Crippen LogP contribution < -0.4 is 5.32 Å². The molecule has 0 heterocycles. The Labute approximate surface area is 131 Å². The molecule has 1 fully saturated rings. The van der Waals surface area contributed by atoms with Gasteiger partial charge in [-0.25, -0.2) is 4.79 Å². The molecule has 1 aliphatic carbocycles. The molecule has 0 aliphatic heterocycles. The first-order valence-corrected chi connectivity index (χ1v) is 7.76. The maximum Gasteiger partial charge on any atom is 0.339 e. The molecule has 21 heavy (non-hydrogen) atoms. The molecule has 0 atom stereocenters. The van der Waals surface area contributed by atoms with Crippen LogP contribution in [0.25, 0.3) is 0 Å². The van der Waals surface area contributed by atoms with Gasteiger partial charge >= 0.3 is 5.97 Å². The minimum atomic E-state index is -0.988. The van der Waals surface area contributed by atoms with E-state index in [2.05, 4.69) is 33.0 Å². The first-order valence-electron chi connectivity index (χ1n) is 7.38. The Kier molecular flexibility index (Phi) is 4.25. The van der Waals surface area contributed by atoms with E-state index in [0.29, 0.717) is 5.69 Å². The summed E-state index contributed by atoms with van der Waals surface area (Å²) in [4.78, 5) is 11.4. The second-order valence-electron chi connectivity index (χ2n) is 7.72. The fraction of sp³-hybridized carbons (Fsp3) is 0.588. The molecule has 2 rings (SSSR count). The molecule has 0 bridgehead atoms. The number of nitrogens with one attached hydrogen (secondary N) is 1. The van der Waals surface area contributed by atoms with Crippen molar-refractivity contribution in [2.45, 2.75) is 53.0 Å². The minimum absolute atomic E-state index is 0.167. The number of rotatable bonds is 3. The summed E-state index contributed by atoms with van der Waals surface area (Å²) in [6.07, 6.45) is 3.24. The Bertz CT molecular complexity index is 536. The SMILES string of the molecule is CC1(C)CC(Nc2cccc(Cl)c2C(=O)O)CC(C)(C)C1. The van der Waals surface area contributed by atoms with Crippen molar-refractivity contribution in [3.63, 3.8) is 0 Å². The summed E-state index contributed by atoms with van der Waals surface area (Å²) in [7, 11) is 0. The van der Waals surface area contributed by atoms with Crippen molar-refractivity contribution in [1.29, 1.82) is 0 Å². The fourth-order valence-corrected chi connectivity index (χ4v) is 4.29. The van der Waals surface area contributed by atoms with E-state index in [1.807, 2.05) is 0 Å². The average molecular weight is 310 g/mol. The zero-order chi connectivity index (χ0) is 15.8. The molecule has 0 aromatic heterocycles. The summed E-state index contributed by atoms with van der Waals surface area (Å²) >= 11 is 6.03. The fourth-order valence-electron chi connectivity index (χ4n) is 4.03. The molecule has 1 aromatic carbocycles. The van der Waals surface area contributed by atoms with Gasteiger partial charge in [0.15, 0.2) is 0 Å². The highest BCUT2D eigenvalue weighted by atomic mass is 35.5. The molecule has 0 spiro atoms. The molecule has 0 unspecified atom stereocenters. The van der Waals surface area contributed by atoms with Gasteiger partial charge in [0.1, 0.15) is 5.56 Å². The Balaban J connectivity index is 2.26. The summed E-state index contributed by atoms with van der Waals surface area (Å²) in [5.41, 5.74) is 1.29. The lowest BCUT2D eigenvalue weighted by atomic mass is 9.63. The van der Waals surface area contributed by atoms with Crippen LogP contribution in [-0.2, 0) is 0 Å². The third-order valence-electron chi connectivity index (χ3n) is 4.14. The number of hydrogen-bond acceptors (Lipinski definition) is 2. The summed E-state index contributed by atoms with van der Waals surface area (Å²) in [5, 5.41) is 13.1. The molecule has 1 aliphatic rings. The average Bonchev–Trinajstić information content (AvgIpc) is 2.23. The second-order valence-corrected chi connectivity index (χ2v) is 8.13. The van der Waals surface area contributed by atoms with Crippen LogP contribution in [0.1, 0.15) is 57.3 Å². The molecule has 3 nitrogen and oxygen atoms in total. The molecular weight excluding hydrogens is 286 g/mol. The molecule has 0 amide bonds. The largest absolute Gasteiger partial charge is 0.478 e. The van der Waals surface area contributed by atoms with E-state index >= 15 is 0 Å². The number of benzene rings is 1. The Morgan fingerprint density at radius 2 is 1.81 bits per heavy atom. The maximum absolute atomic E-state index is 11.4. The topological polar surface area (TPSA) is 49.3 Å². The molecular formula is C17H24ClNO2. The lowest BCUT2D eigenvalue weighted by Gasteiger charge is -2.45. The van der Waals surface area contributed by atoms with Crippen molar-refractivity contribution in [1.82, 2.24) is 0 Å². The lowest BCUT2D eigenvalue weighted by molar-refractivity contribution is 0.0698. The van der Waals surface area contributed by atoms with Gasteiger partial charge in [-0.3, -0.25) is 0 Å². The van der Waals surface area contributed by atoms with Crippen molar-refractivity contribution in [2.75, 3.05) is 5.32 Å². The monoisotopic (exact) mass is 309 g/mol. The van der Waals surface area contributed by atoms with Gasteiger partial charge in [-0.1, -0.05) is 45.4 Å². The van der Waals surface area contributed by atoms with E-state index in [-0.39, 0.29) is 27.5 Å². The normalized spacial score (nSPS) is 21.0. The molecule has 4 heteroatoms. The highest BCUT2D eigenvalue weighted by molar-refractivity contribution is 6.34. The van der Waals surface area contributed by atoms with Crippen LogP contribution in [0.2, 0.25) is 5.02 Å². The number of anilines is 1. The number of hydrogen-bond donors (Lipinski definition) is 2. The highest BCUT2D eigenvalue weighted by Gasteiger charge is 2.38. The first kappa shape index (κ1) is 16.2. The van der Waals surface area contributed by atoms with Crippen LogP contribution in [0, 0.1) is 10.8 Å². The first-order chi connectivity index (χ1) is 9.60. The van der Waals surface area contributed by atoms with E-state index in [0.717, 1.165) is 12.8 Å². The van der Waals surface area contributed by atoms with Crippen molar-refractivity contribution in [2.24, 2.45) is 10.8 Å². The predicted molar refractivity (Wildman–Crippen MR) is 87.2 cm³/mol. The molecule has 0 saturated heterocycles. The standard InChI is InChI=1S/C17H24ClNO2/c1-16(2)8-11(9-17(3,4)10-16)19-13-7-5-6-12(18)14(13)15(20)21/h5-7,11,19H,8-10H2,1-4H3,(H,20,21). The van der Waals surface area contributed by atoms with Gasteiger partial charge in [-0.2, -0.15) is 0 Å². The van der Waals surface area contributed by atoms with E-state index in [1.165, 1.54) is 6.42 Å². The minimum Gasteiger partial charge on any atom is -0.478 e. The number of halogens is 1. The van der Waals surface area contributed by atoms with Gasteiger partial charge in [0.25, 0.3) is 0 Å². The lowest BCUT2D eigenvalue weighted by Crippen LogP contribution is -2.40. The number of carbonyl (C=O) groups is 1. The van der Waals surface area contributed by atoms with Gasteiger partial charge in [0.05, 0.1) is 10.7 Å². The van der Waals surface area contributed by atoms with Crippen LogP contribution >= 0.6 is 11.6 Å². The van der Waals surface area contributed by atoms with E-state index < -0.39 is 5.97 Å². The van der Waals surface area contributed by atoms with Crippen LogP contribution in [-0.4, -0.2) is 17.1 Å². The van der Waals surface area contributed by atoms with Gasteiger partial charge < -0.3 is 10.4 Å². The Hall–Kier alpha value is -1.22. The third kappa shape index (κ3) is 3.91. The number of carboxylic acids is 1. The molecule has 116 valence electrons. The highest BCUT2D eigenvalue weighted by Crippen LogP contribution is 2.46. The molecule has 1 saturated carbocycles. The molecule has 2 N–H and O–H groups in total. The van der Waals surface area contributed by atoms with E-state index in [9.17, 15) is 9.90 Å². The van der Waals surface area contributed by atoms with Crippen LogP contribution in [0.3, 0.4) is 0 Å². The van der Waals surface area contributed by atoms with Gasteiger partial charge in [-0.15, -0.1) is 0 Å². The number of carboxylic acid groups (broad SMARTS) is 1. The van der Waals surface area contributed by atoms with Crippen molar-refractivity contribution < 1.29 is 9.90 Å². The van der Waals surface area contributed by atoms with Crippen molar-refractivity contribution >= 4 is 23.3 Å². The zero-order valence-corrected chi connectivity index (χ0v) is 13.9. The predicted octanol–water partition coefficient (Wildman–Crippen LogP) is 5.06. The number of aromatic carboxylic acids is 1. The zero-order valence-electron chi connectivity index (χ0n) is 13.2.